The van der Waals surface area contributed by atoms with E-state index in [9.17, 15) is 4.79 Å². The van der Waals surface area contributed by atoms with E-state index in [-0.39, 0.29) is 5.78 Å². The average molecular weight is 280 g/mol. The number of benzene rings is 2. The Kier molecular flexibility index (Phi) is 3.73. The van der Waals surface area contributed by atoms with Gasteiger partial charge in [-0.2, -0.15) is 0 Å². The van der Waals surface area contributed by atoms with Crippen LogP contribution < -0.4 is 9.47 Å². The van der Waals surface area contributed by atoms with E-state index in [1.54, 1.807) is 7.11 Å². The summed E-state index contributed by atoms with van der Waals surface area (Å²) < 4.78 is 10.8. The summed E-state index contributed by atoms with van der Waals surface area (Å²) >= 11 is 0. The first-order chi connectivity index (χ1) is 10.3. The number of para-hydroxylation sites is 1. The van der Waals surface area contributed by atoms with E-state index in [0.29, 0.717) is 24.3 Å². The second-order valence-electron chi connectivity index (χ2n) is 4.87. The maximum absolute atomic E-state index is 12.6. The van der Waals surface area contributed by atoms with Gasteiger partial charge in [-0.15, -0.1) is 0 Å². The molecule has 2 aromatic carbocycles. The van der Waals surface area contributed by atoms with Crippen LogP contribution in [-0.2, 0) is 0 Å². The van der Waals surface area contributed by atoms with E-state index in [1.807, 2.05) is 54.6 Å². The van der Waals surface area contributed by atoms with Gasteiger partial charge in [-0.05, 0) is 35.9 Å². The number of fused-ring (bicyclic) bond motifs is 1. The molecule has 0 saturated heterocycles. The average Bonchev–Trinajstić information content (AvgIpc) is 2.69. The molecule has 0 unspecified atom stereocenters. The summed E-state index contributed by atoms with van der Waals surface area (Å²) in [5, 5.41) is 0. The van der Waals surface area contributed by atoms with Gasteiger partial charge in [0.25, 0.3) is 0 Å². The Morgan fingerprint density at radius 1 is 1.10 bits per heavy atom. The normalized spacial score (nSPS) is 16.0. The van der Waals surface area contributed by atoms with Crippen LogP contribution in [0.4, 0.5) is 0 Å². The molecule has 0 bridgehead atoms. The van der Waals surface area contributed by atoms with Crippen molar-refractivity contribution in [2.75, 3.05) is 13.7 Å². The lowest BCUT2D eigenvalue weighted by Gasteiger charge is -2.04. The minimum absolute atomic E-state index is 0.0407. The molecule has 0 amide bonds. The van der Waals surface area contributed by atoms with Crippen LogP contribution in [0.15, 0.2) is 54.1 Å². The molecular formula is C18H16O3. The van der Waals surface area contributed by atoms with Crippen LogP contribution in [-0.4, -0.2) is 19.5 Å². The van der Waals surface area contributed by atoms with Crippen molar-refractivity contribution >= 4 is 11.9 Å². The van der Waals surface area contributed by atoms with Crippen molar-refractivity contribution < 1.29 is 14.3 Å². The number of methoxy groups -OCH3 is 1. The third-order valence-electron chi connectivity index (χ3n) is 3.51. The summed E-state index contributed by atoms with van der Waals surface area (Å²) in [6, 6.07) is 15.0. The topological polar surface area (TPSA) is 35.5 Å². The number of Topliss-reactive ketones (excluding diaryl/α,β-unsaturated/α-hetero) is 1. The highest BCUT2D eigenvalue weighted by molar-refractivity contribution is 6.13. The first-order valence-electron chi connectivity index (χ1n) is 6.89. The second-order valence-corrected chi connectivity index (χ2v) is 4.87. The van der Waals surface area contributed by atoms with Crippen LogP contribution >= 0.6 is 0 Å². The van der Waals surface area contributed by atoms with Gasteiger partial charge in [-0.25, -0.2) is 0 Å². The number of hydrogen-bond donors (Lipinski definition) is 0. The van der Waals surface area contributed by atoms with E-state index < -0.39 is 0 Å². The van der Waals surface area contributed by atoms with Gasteiger partial charge in [0.2, 0.25) is 0 Å². The highest BCUT2D eigenvalue weighted by Crippen LogP contribution is 2.27. The number of rotatable bonds is 2. The molecule has 21 heavy (non-hydrogen) atoms. The summed E-state index contributed by atoms with van der Waals surface area (Å²) in [6.07, 6.45) is 2.53. The third-order valence-corrected chi connectivity index (χ3v) is 3.51. The highest BCUT2D eigenvalue weighted by atomic mass is 16.5. The molecule has 0 aromatic heterocycles. The van der Waals surface area contributed by atoms with E-state index in [2.05, 4.69) is 0 Å². The van der Waals surface area contributed by atoms with E-state index >= 15 is 0 Å². The quantitative estimate of drug-likeness (QED) is 0.786. The Hall–Kier alpha value is -2.55. The van der Waals surface area contributed by atoms with Crippen molar-refractivity contribution in [1.82, 2.24) is 0 Å². The monoisotopic (exact) mass is 280 g/mol. The molecule has 3 rings (SSSR count). The molecule has 1 aliphatic heterocycles. The second kappa shape index (κ2) is 5.83. The summed E-state index contributed by atoms with van der Waals surface area (Å²) in [6.45, 7) is 0.519. The van der Waals surface area contributed by atoms with Gasteiger partial charge in [-0.3, -0.25) is 4.79 Å². The van der Waals surface area contributed by atoms with Crippen molar-refractivity contribution in [2.45, 2.75) is 6.42 Å². The largest absolute Gasteiger partial charge is 0.497 e. The molecule has 0 saturated carbocycles. The zero-order valence-electron chi connectivity index (χ0n) is 11.8. The van der Waals surface area contributed by atoms with Crippen molar-refractivity contribution in [3.05, 3.63) is 65.2 Å². The lowest BCUT2D eigenvalue weighted by molar-refractivity contribution is 0.103. The van der Waals surface area contributed by atoms with Gasteiger partial charge in [0.15, 0.2) is 5.78 Å². The van der Waals surface area contributed by atoms with Gasteiger partial charge >= 0.3 is 0 Å². The first-order valence-corrected chi connectivity index (χ1v) is 6.89. The standard InChI is InChI=1S/C18H16O3/c1-20-15-8-6-13(7-9-15)12-14-10-11-21-17-5-3-2-4-16(17)18(14)19/h2-9,12H,10-11H2,1H3. The Morgan fingerprint density at radius 2 is 1.86 bits per heavy atom. The third kappa shape index (κ3) is 2.82. The maximum atomic E-state index is 12.6. The lowest BCUT2D eigenvalue weighted by Crippen LogP contribution is -2.01. The Morgan fingerprint density at radius 3 is 2.62 bits per heavy atom. The van der Waals surface area contributed by atoms with Crippen LogP contribution in [0.2, 0.25) is 0 Å². The van der Waals surface area contributed by atoms with Crippen LogP contribution in [0.25, 0.3) is 6.08 Å². The maximum Gasteiger partial charge on any atom is 0.192 e. The molecule has 0 aliphatic carbocycles. The predicted molar refractivity (Wildman–Crippen MR) is 81.9 cm³/mol. The Balaban J connectivity index is 1.94. The predicted octanol–water partition coefficient (Wildman–Crippen LogP) is 3.74. The molecule has 0 atom stereocenters. The molecule has 0 N–H and O–H groups in total. The summed E-state index contributed by atoms with van der Waals surface area (Å²) in [5.41, 5.74) is 2.39. The molecule has 3 nitrogen and oxygen atoms in total. The molecule has 0 spiro atoms. The van der Waals surface area contributed by atoms with Crippen LogP contribution in [0, 0.1) is 0 Å². The molecule has 0 fully saturated rings. The summed E-state index contributed by atoms with van der Waals surface area (Å²) in [7, 11) is 1.64. The van der Waals surface area contributed by atoms with Crippen molar-refractivity contribution in [1.29, 1.82) is 0 Å². The fraction of sp³-hybridized carbons (Fsp3) is 0.167. The molecular weight excluding hydrogens is 264 g/mol. The van der Waals surface area contributed by atoms with Gasteiger partial charge in [0.1, 0.15) is 11.5 Å². The highest BCUT2D eigenvalue weighted by Gasteiger charge is 2.20. The molecule has 3 heteroatoms. The zero-order chi connectivity index (χ0) is 14.7. The molecule has 106 valence electrons. The smallest absolute Gasteiger partial charge is 0.192 e. The van der Waals surface area contributed by atoms with Crippen LogP contribution in [0.3, 0.4) is 0 Å². The number of carbonyl (C=O) groups is 1. The van der Waals surface area contributed by atoms with Crippen LogP contribution in [0.5, 0.6) is 11.5 Å². The number of hydrogen-bond acceptors (Lipinski definition) is 3. The van der Waals surface area contributed by atoms with Crippen molar-refractivity contribution in [2.24, 2.45) is 0 Å². The van der Waals surface area contributed by atoms with Gasteiger partial charge in [0.05, 0.1) is 19.3 Å². The SMILES string of the molecule is COc1ccc(C=C2CCOc3ccccc3C2=O)cc1. The van der Waals surface area contributed by atoms with E-state index in [1.165, 1.54) is 0 Å². The fourth-order valence-electron chi connectivity index (χ4n) is 2.38. The minimum Gasteiger partial charge on any atom is -0.497 e. The zero-order valence-corrected chi connectivity index (χ0v) is 11.8. The molecule has 1 aliphatic rings. The van der Waals surface area contributed by atoms with Crippen molar-refractivity contribution in [3.63, 3.8) is 0 Å². The van der Waals surface area contributed by atoms with Crippen LogP contribution in [0.1, 0.15) is 22.3 Å². The van der Waals surface area contributed by atoms with E-state index in [0.717, 1.165) is 16.9 Å². The van der Waals surface area contributed by atoms with Gasteiger partial charge < -0.3 is 9.47 Å². The minimum atomic E-state index is 0.0407. The fourth-order valence-corrected chi connectivity index (χ4v) is 2.38. The van der Waals surface area contributed by atoms with Gasteiger partial charge in [0, 0.05) is 12.0 Å². The Labute approximate surface area is 123 Å². The molecule has 1 heterocycles. The first kappa shape index (κ1) is 13.4. The Bertz CT molecular complexity index is 684. The van der Waals surface area contributed by atoms with E-state index in [4.69, 9.17) is 9.47 Å². The lowest BCUT2D eigenvalue weighted by atomic mass is 9.99. The number of carbonyl (C=O) groups excluding carboxylic acids is 1. The molecule has 0 radical (unpaired) electrons. The summed E-state index contributed by atoms with van der Waals surface area (Å²) in [5.74, 6) is 1.51. The number of ketones is 1. The summed E-state index contributed by atoms with van der Waals surface area (Å²) in [4.78, 5) is 12.6. The number of ether oxygens (including phenoxy) is 2. The van der Waals surface area contributed by atoms with Gasteiger partial charge in [-0.1, -0.05) is 24.3 Å². The molecule has 2 aromatic rings. The van der Waals surface area contributed by atoms with Crippen molar-refractivity contribution in [3.8, 4) is 11.5 Å².